The molecule has 0 aliphatic heterocycles. The molecule has 0 aliphatic rings. The van der Waals surface area contributed by atoms with Crippen LogP contribution in [0.4, 0.5) is 0 Å². The van der Waals surface area contributed by atoms with E-state index < -0.39 is 0 Å². The van der Waals surface area contributed by atoms with E-state index in [4.69, 9.17) is 11.6 Å². The maximum absolute atomic E-state index is 12.5. The minimum Gasteiger partial charge on any atom is -0.342 e. The van der Waals surface area contributed by atoms with Gasteiger partial charge in [0.15, 0.2) is 0 Å². The SMILES string of the molecule is CCN(CC)C(=O)CN(C)C(=O)c1csc(-c2ccc(Cl)cc2)n1. The van der Waals surface area contributed by atoms with Crippen molar-refractivity contribution in [2.75, 3.05) is 26.7 Å². The van der Waals surface area contributed by atoms with Gasteiger partial charge in [-0.3, -0.25) is 9.59 Å². The van der Waals surface area contributed by atoms with Gasteiger partial charge in [0.25, 0.3) is 5.91 Å². The molecule has 0 bridgehead atoms. The van der Waals surface area contributed by atoms with E-state index in [-0.39, 0.29) is 18.4 Å². The summed E-state index contributed by atoms with van der Waals surface area (Å²) in [6.07, 6.45) is 0. The van der Waals surface area contributed by atoms with Crippen LogP contribution in [0, 0.1) is 0 Å². The quantitative estimate of drug-likeness (QED) is 0.788. The second-order valence-corrected chi connectivity index (χ2v) is 6.57. The van der Waals surface area contributed by atoms with Gasteiger partial charge < -0.3 is 9.80 Å². The number of benzene rings is 1. The summed E-state index contributed by atoms with van der Waals surface area (Å²) in [4.78, 5) is 32.1. The molecule has 1 aromatic heterocycles. The summed E-state index contributed by atoms with van der Waals surface area (Å²) in [6.45, 7) is 5.15. The number of carbonyl (C=O) groups excluding carboxylic acids is 2. The highest BCUT2D eigenvalue weighted by molar-refractivity contribution is 7.13. The fourth-order valence-electron chi connectivity index (χ4n) is 2.24. The molecule has 0 unspecified atom stereocenters. The first-order valence-electron chi connectivity index (χ1n) is 7.71. The maximum Gasteiger partial charge on any atom is 0.273 e. The smallest absolute Gasteiger partial charge is 0.273 e. The number of halogens is 1. The zero-order valence-electron chi connectivity index (χ0n) is 14.0. The number of amides is 2. The number of hydrogen-bond acceptors (Lipinski definition) is 4. The first-order chi connectivity index (χ1) is 11.5. The van der Waals surface area contributed by atoms with Crippen molar-refractivity contribution in [1.29, 1.82) is 0 Å². The Morgan fingerprint density at radius 3 is 2.38 bits per heavy atom. The van der Waals surface area contributed by atoms with Crippen LogP contribution in [0.5, 0.6) is 0 Å². The third-order valence-electron chi connectivity index (χ3n) is 3.65. The Hall–Kier alpha value is -1.92. The van der Waals surface area contributed by atoms with Crippen LogP contribution in [0.1, 0.15) is 24.3 Å². The molecule has 2 aromatic rings. The Balaban J connectivity index is 2.07. The van der Waals surface area contributed by atoms with Crippen LogP contribution in [0.15, 0.2) is 29.6 Å². The predicted molar refractivity (Wildman–Crippen MR) is 97.4 cm³/mol. The summed E-state index contributed by atoms with van der Waals surface area (Å²) in [7, 11) is 1.62. The number of carbonyl (C=O) groups is 2. The fourth-order valence-corrected chi connectivity index (χ4v) is 3.17. The molecule has 1 heterocycles. The summed E-state index contributed by atoms with van der Waals surface area (Å²) in [5.41, 5.74) is 1.25. The summed E-state index contributed by atoms with van der Waals surface area (Å²) in [5.74, 6) is -0.323. The lowest BCUT2D eigenvalue weighted by Gasteiger charge is -2.22. The van der Waals surface area contributed by atoms with Crippen LogP contribution >= 0.6 is 22.9 Å². The first-order valence-corrected chi connectivity index (χ1v) is 8.96. The van der Waals surface area contributed by atoms with E-state index in [2.05, 4.69) is 4.98 Å². The number of rotatable bonds is 6. The van der Waals surface area contributed by atoms with Crippen molar-refractivity contribution in [3.05, 3.63) is 40.4 Å². The molecular formula is C17H20ClN3O2S. The van der Waals surface area contributed by atoms with Crippen molar-refractivity contribution in [3.8, 4) is 10.6 Å². The third-order valence-corrected chi connectivity index (χ3v) is 4.79. The van der Waals surface area contributed by atoms with E-state index in [1.807, 2.05) is 26.0 Å². The minimum absolute atomic E-state index is 0.0499. The van der Waals surface area contributed by atoms with E-state index >= 15 is 0 Å². The van der Waals surface area contributed by atoms with E-state index in [9.17, 15) is 9.59 Å². The monoisotopic (exact) mass is 365 g/mol. The lowest BCUT2D eigenvalue weighted by atomic mass is 10.2. The lowest BCUT2D eigenvalue weighted by molar-refractivity contribution is -0.131. The van der Waals surface area contributed by atoms with Crippen molar-refractivity contribution in [2.45, 2.75) is 13.8 Å². The van der Waals surface area contributed by atoms with E-state index in [0.717, 1.165) is 10.6 Å². The number of likely N-dealkylation sites (N-methyl/N-ethyl adjacent to an activating group) is 2. The zero-order chi connectivity index (χ0) is 17.7. The fraction of sp³-hybridized carbons (Fsp3) is 0.353. The van der Waals surface area contributed by atoms with Crippen molar-refractivity contribution >= 4 is 34.8 Å². The van der Waals surface area contributed by atoms with E-state index in [1.165, 1.54) is 16.2 Å². The Labute approximate surface area is 150 Å². The van der Waals surface area contributed by atoms with Gasteiger partial charge in [0, 0.05) is 36.1 Å². The van der Waals surface area contributed by atoms with Gasteiger partial charge in [-0.25, -0.2) is 4.98 Å². The van der Waals surface area contributed by atoms with Crippen molar-refractivity contribution in [2.24, 2.45) is 0 Å². The molecule has 2 amide bonds. The van der Waals surface area contributed by atoms with Crippen LogP contribution in [-0.4, -0.2) is 53.3 Å². The van der Waals surface area contributed by atoms with Crippen molar-refractivity contribution < 1.29 is 9.59 Å². The molecule has 0 N–H and O–H groups in total. The molecule has 2 rings (SSSR count). The Kier molecular flexibility index (Phi) is 6.34. The topological polar surface area (TPSA) is 53.5 Å². The second kappa shape index (κ2) is 8.26. The molecule has 0 aliphatic carbocycles. The molecule has 0 saturated carbocycles. The number of nitrogens with zero attached hydrogens (tertiary/aromatic N) is 3. The van der Waals surface area contributed by atoms with Gasteiger partial charge in [-0.1, -0.05) is 23.7 Å². The maximum atomic E-state index is 12.5. The Morgan fingerprint density at radius 1 is 1.17 bits per heavy atom. The summed E-state index contributed by atoms with van der Waals surface area (Å²) in [5, 5.41) is 3.12. The van der Waals surface area contributed by atoms with Crippen LogP contribution in [0.2, 0.25) is 5.02 Å². The molecule has 7 heteroatoms. The van der Waals surface area contributed by atoms with Gasteiger partial charge >= 0.3 is 0 Å². The van der Waals surface area contributed by atoms with Crippen LogP contribution in [0.25, 0.3) is 10.6 Å². The van der Waals surface area contributed by atoms with Crippen LogP contribution in [-0.2, 0) is 4.79 Å². The van der Waals surface area contributed by atoms with Gasteiger partial charge in [-0.15, -0.1) is 11.3 Å². The highest BCUT2D eigenvalue weighted by Crippen LogP contribution is 2.25. The number of hydrogen-bond donors (Lipinski definition) is 0. The molecule has 128 valence electrons. The lowest BCUT2D eigenvalue weighted by Crippen LogP contribution is -2.41. The molecule has 0 fully saturated rings. The molecule has 0 atom stereocenters. The predicted octanol–water partition coefficient (Wildman–Crippen LogP) is 3.40. The van der Waals surface area contributed by atoms with Gasteiger partial charge in [-0.05, 0) is 26.0 Å². The number of thiazole rings is 1. The molecule has 0 saturated heterocycles. The summed E-state index contributed by atoms with van der Waals surface area (Å²) in [6, 6.07) is 7.30. The molecular weight excluding hydrogens is 346 g/mol. The second-order valence-electron chi connectivity index (χ2n) is 5.27. The summed E-state index contributed by atoms with van der Waals surface area (Å²) >= 11 is 7.27. The van der Waals surface area contributed by atoms with Gasteiger partial charge in [0.2, 0.25) is 5.91 Å². The molecule has 5 nitrogen and oxygen atoms in total. The molecule has 1 aromatic carbocycles. The van der Waals surface area contributed by atoms with Crippen molar-refractivity contribution in [1.82, 2.24) is 14.8 Å². The molecule has 0 spiro atoms. The average Bonchev–Trinajstić information content (AvgIpc) is 3.05. The molecule has 0 radical (unpaired) electrons. The average molecular weight is 366 g/mol. The van der Waals surface area contributed by atoms with E-state index in [1.54, 1.807) is 29.5 Å². The van der Waals surface area contributed by atoms with Gasteiger partial charge in [0.05, 0.1) is 6.54 Å². The van der Waals surface area contributed by atoms with Crippen molar-refractivity contribution in [3.63, 3.8) is 0 Å². The first kappa shape index (κ1) is 18.4. The standard InChI is InChI=1S/C17H20ClN3O2S/c1-4-21(5-2)15(22)10-20(3)17(23)14-11-24-16(19-14)12-6-8-13(18)9-7-12/h6-9,11H,4-5,10H2,1-3H3. The van der Waals surface area contributed by atoms with Crippen LogP contribution < -0.4 is 0 Å². The Morgan fingerprint density at radius 2 is 1.79 bits per heavy atom. The molecule has 24 heavy (non-hydrogen) atoms. The van der Waals surface area contributed by atoms with E-state index in [0.29, 0.717) is 23.8 Å². The normalized spacial score (nSPS) is 10.5. The highest BCUT2D eigenvalue weighted by atomic mass is 35.5. The summed E-state index contributed by atoms with van der Waals surface area (Å²) < 4.78 is 0. The highest BCUT2D eigenvalue weighted by Gasteiger charge is 2.20. The van der Waals surface area contributed by atoms with Crippen LogP contribution in [0.3, 0.4) is 0 Å². The van der Waals surface area contributed by atoms with Gasteiger partial charge in [0.1, 0.15) is 10.7 Å². The third kappa shape index (κ3) is 4.33. The van der Waals surface area contributed by atoms with Gasteiger partial charge in [-0.2, -0.15) is 0 Å². The minimum atomic E-state index is -0.257. The number of aromatic nitrogens is 1. The zero-order valence-corrected chi connectivity index (χ0v) is 15.5. The Bertz CT molecular complexity index is 711. The largest absolute Gasteiger partial charge is 0.342 e.